The van der Waals surface area contributed by atoms with Gasteiger partial charge in [-0.2, -0.15) is 0 Å². The van der Waals surface area contributed by atoms with Gasteiger partial charge in [0.1, 0.15) is 0 Å². The fourth-order valence-corrected chi connectivity index (χ4v) is 1.50. The van der Waals surface area contributed by atoms with Gasteiger partial charge in [0.25, 0.3) is 0 Å². The zero-order valence-corrected chi connectivity index (χ0v) is 8.35. The van der Waals surface area contributed by atoms with Crippen molar-refractivity contribution in [2.75, 3.05) is 13.2 Å². The molecule has 0 aromatic carbocycles. The molecule has 3 nitrogen and oxygen atoms in total. The van der Waals surface area contributed by atoms with E-state index in [2.05, 4.69) is 0 Å². The van der Waals surface area contributed by atoms with Crippen LogP contribution in [0.5, 0.6) is 0 Å². The van der Waals surface area contributed by atoms with Crippen LogP contribution in [0.25, 0.3) is 0 Å². The predicted octanol–water partition coefficient (Wildman–Crippen LogP) is 1.29. The molecule has 1 saturated heterocycles. The molecule has 1 rings (SSSR count). The highest BCUT2D eigenvalue weighted by molar-refractivity contribution is 5.74. The van der Waals surface area contributed by atoms with Crippen LogP contribution in [0, 0.1) is 11.8 Å². The fourth-order valence-electron chi connectivity index (χ4n) is 1.50. The molecule has 1 aliphatic rings. The summed E-state index contributed by atoms with van der Waals surface area (Å²) in [6.45, 7) is 2.27. The number of hydrogen-bond donors (Lipinski definition) is 1. The Bertz CT molecular complexity index is 243. The number of carbonyl (C=O) groups is 1. The molecule has 1 N–H and O–H groups in total. The summed E-state index contributed by atoms with van der Waals surface area (Å²) in [6.07, 6.45) is 8.59. The summed E-state index contributed by atoms with van der Waals surface area (Å²) in [5, 5.41) is 8.97. The van der Waals surface area contributed by atoms with Gasteiger partial charge in [-0.1, -0.05) is 24.3 Å². The summed E-state index contributed by atoms with van der Waals surface area (Å²) >= 11 is 0. The van der Waals surface area contributed by atoms with Crippen molar-refractivity contribution in [3.63, 3.8) is 0 Å². The van der Waals surface area contributed by atoms with Gasteiger partial charge in [-0.3, -0.25) is 4.79 Å². The number of esters is 1. The number of ether oxygens (including phenoxy) is 1. The Morgan fingerprint density at radius 3 is 3.00 bits per heavy atom. The summed E-state index contributed by atoms with van der Waals surface area (Å²) < 4.78 is 4.88. The van der Waals surface area contributed by atoms with E-state index in [1.54, 1.807) is 0 Å². The first-order valence-electron chi connectivity index (χ1n) is 4.85. The summed E-state index contributed by atoms with van der Waals surface area (Å²) in [5.74, 6) is -0.462. The van der Waals surface area contributed by atoms with Crippen LogP contribution in [-0.2, 0) is 9.53 Å². The van der Waals surface area contributed by atoms with Gasteiger partial charge < -0.3 is 9.84 Å². The van der Waals surface area contributed by atoms with Crippen molar-refractivity contribution < 1.29 is 14.6 Å². The highest BCUT2D eigenvalue weighted by atomic mass is 16.5. The monoisotopic (exact) mass is 196 g/mol. The lowest BCUT2D eigenvalue weighted by atomic mass is 9.93. The Labute approximate surface area is 84.1 Å². The molecule has 1 fully saturated rings. The molecule has 2 unspecified atom stereocenters. The van der Waals surface area contributed by atoms with Crippen LogP contribution in [0.3, 0.4) is 0 Å². The molecule has 3 heteroatoms. The van der Waals surface area contributed by atoms with Gasteiger partial charge in [-0.15, -0.1) is 0 Å². The fraction of sp³-hybridized carbons (Fsp3) is 0.545. The Morgan fingerprint density at radius 1 is 1.57 bits per heavy atom. The molecule has 1 aliphatic heterocycles. The van der Waals surface area contributed by atoms with Crippen LogP contribution >= 0.6 is 0 Å². The lowest BCUT2D eigenvalue weighted by Crippen LogP contribution is -2.19. The van der Waals surface area contributed by atoms with Crippen LogP contribution < -0.4 is 0 Å². The van der Waals surface area contributed by atoms with Crippen LogP contribution in [-0.4, -0.2) is 24.3 Å². The molecule has 2 atom stereocenters. The van der Waals surface area contributed by atoms with Crippen LogP contribution in [0.15, 0.2) is 24.3 Å². The summed E-state index contributed by atoms with van der Waals surface area (Å²) in [5.41, 5.74) is 0. The van der Waals surface area contributed by atoms with E-state index in [9.17, 15) is 4.79 Å². The van der Waals surface area contributed by atoms with Crippen molar-refractivity contribution >= 4 is 5.97 Å². The van der Waals surface area contributed by atoms with E-state index in [4.69, 9.17) is 9.84 Å². The Hall–Kier alpha value is -1.09. The lowest BCUT2D eigenvalue weighted by molar-refractivity contribution is -0.142. The standard InChI is InChI=1S/C11H16O3/c1-2-3-4-5-6-9-8-14-11(13)10(9)7-12/h2-5,9-10,12H,6-8H2,1H3/b3-2+,5-4+. The minimum atomic E-state index is -0.328. The van der Waals surface area contributed by atoms with E-state index < -0.39 is 0 Å². The van der Waals surface area contributed by atoms with Crippen molar-refractivity contribution in [3.05, 3.63) is 24.3 Å². The van der Waals surface area contributed by atoms with Gasteiger partial charge >= 0.3 is 5.97 Å². The molecule has 0 amide bonds. The van der Waals surface area contributed by atoms with E-state index in [0.717, 1.165) is 6.42 Å². The van der Waals surface area contributed by atoms with Gasteiger partial charge in [-0.05, 0) is 13.3 Å². The number of hydrogen-bond acceptors (Lipinski definition) is 3. The Balaban J connectivity index is 2.41. The maximum atomic E-state index is 11.1. The zero-order valence-electron chi connectivity index (χ0n) is 8.35. The van der Waals surface area contributed by atoms with Crippen LogP contribution in [0.1, 0.15) is 13.3 Å². The quantitative estimate of drug-likeness (QED) is 0.544. The highest BCUT2D eigenvalue weighted by Crippen LogP contribution is 2.24. The molecule has 0 radical (unpaired) electrons. The first-order chi connectivity index (χ1) is 6.79. The number of cyclic esters (lactones) is 1. The molecule has 0 aromatic heterocycles. The summed E-state index contributed by atoms with van der Waals surface area (Å²) in [4.78, 5) is 11.1. The third kappa shape index (κ3) is 2.70. The molecule has 78 valence electrons. The Morgan fingerprint density at radius 2 is 2.36 bits per heavy atom. The molecule has 0 bridgehead atoms. The number of aliphatic hydroxyl groups is 1. The zero-order chi connectivity index (χ0) is 10.4. The second-order valence-corrected chi connectivity index (χ2v) is 3.37. The summed E-state index contributed by atoms with van der Waals surface area (Å²) in [6, 6.07) is 0. The maximum Gasteiger partial charge on any atom is 0.311 e. The van der Waals surface area contributed by atoms with E-state index in [0.29, 0.717) is 6.61 Å². The van der Waals surface area contributed by atoms with Crippen LogP contribution in [0.4, 0.5) is 0 Å². The Kier molecular flexibility index (Phi) is 4.40. The highest BCUT2D eigenvalue weighted by Gasteiger charge is 2.35. The minimum Gasteiger partial charge on any atom is -0.465 e. The van der Waals surface area contributed by atoms with Gasteiger partial charge in [0, 0.05) is 5.92 Å². The second-order valence-electron chi connectivity index (χ2n) is 3.37. The molecule has 0 aromatic rings. The van der Waals surface area contributed by atoms with E-state index >= 15 is 0 Å². The van der Waals surface area contributed by atoms with Crippen LogP contribution in [0.2, 0.25) is 0 Å². The molecule has 0 saturated carbocycles. The molecule has 14 heavy (non-hydrogen) atoms. The smallest absolute Gasteiger partial charge is 0.311 e. The number of rotatable bonds is 4. The summed E-state index contributed by atoms with van der Waals surface area (Å²) in [7, 11) is 0. The average Bonchev–Trinajstić information content (AvgIpc) is 2.54. The molecule has 1 heterocycles. The molecular formula is C11H16O3. The van der Waals surface area contributed by atoms with Gasteiger partial charge in [0.05, 0.1) is 19.1 Å². The van der Waals surface area contributed by atoms with Crippen molar-refractivity contribution in [2.24, 2.45) is 11.8 Å². The SMILES string of the molecule is C/C=C/C=C/CC1COC(=O)C1CO. The topological polar surface area (TPSA) is 46.5 Å². The van der Waals surface area contributed by atoms with Gasteiger partial charge in [0.15, 0.2) is 0 Å². The number of aliphatic hydroxyl groups excluding tert-OH is 1. The molecule has 0 spiro atoms. The second kappa shape index (κ2) is 5.60. The third-order valence-corrected chi connectivity index (χ3v) is 2.39. The lowest BCUT2D eigenvalue weighted by Gasteiger charge is -2.08. The van der Waals surface area contributed by atoms with Crippen molar-refractivity contribution in [1.29, 1.82) is 0 Å². The third-order valence-electron chi connectivity index (χ3n) is 2.39. The van der Waals surface area contributed by atoms with E-state index in [1.165, 1.54) is 0 Å². The maximum absolute atomic E-state index is 11.1. The van der Waals surface area contributed by atoms with Crippen molar-refractivity contribution in [3.8, 4) is 0 Å². The first kappa shape index (κ1) is 11.0. The largest absolute Gasteiger partial charge is 0.465 e. The van der Waals surface area contributed by atoms with Gasteiger partial charge in [0.2, 0.25) is 0 Å². The minimum absolute atomic E-state index is 0.110. The van der Waals surface area contributed by atoms with E-state index in [-0.39, 0.29) is 24.4 Å². The number of carbonyl (C=O) groups excluding carboxylic acids is 1. The van der Waals surface area contributed by atoms with Gasteiger partial charge in [-0.25, -0.2) is 0 Å². The number of allylic oxidation sites excluding steroid dienone is 4. The van der Waals surface area contributed by atoms with E-state index in [1.807, 2.05) is 31.2 Å². The predicted molar refractivity (Wildman–Crippen MR) is 53.6 cm³/mol. The normalized spacial score (nSPS) is 27.7. The average molecular weight is 196 g/mol. The van der Waals surface area contributed by atoms with Crippen molar-refractivity contribution in [1.82, 2.24) is 0 Å². The first-order valence-corrected chi connectivity index (χ1v) is 4.85. The molecule has 0 aliphatic carbocycles. The molecular weight excluding hydrogens is 180 g/mol. The van der Waals surface area contributed by atoms with Crippen molar-refractivity contribution in [2.45, 2.75) is 13.3 Å².